The minimum absolute atomic E-state index is 0.119. The summed E-state index contributed by atoms with van der Waals surface area (Å²) in [5.74, 6) is -1.02. The summed E-state index contributed by atoms with van der Waals surface area (Å²) >= 11 is 0. The highest BCUT2D eigenvalue weighted by atomic mass is 19.4. The zero-order valence-electron chi connectivity index (χ0n) is 11.3. The quantitative estimate of drug-likeness (QED) is 0.828. The lowest BCUT2D eigenvalue weighted by Crippen LogP contribution is -2.08. The van der Waals surface area contributed by atoms with Crippen LogP contribution in [0.25, 0.3) is 0 Å². The number of benzene rings is 2. The molecular formula is C16H14F4O. The Morgan fingerprint density at radius 1 is 1.00 bits per heavy atom. The van der Waals surface area contributed by atoms with Crippen LogP contribution in [0.5, 0.6) is 0 Å². The number of rotatable bonds is 3. The van der Waals surface area contributed by atoms with Crippen LogP contribution in [0.1, 0.15) is 35.3 Å². The first-order valence-corrected chi connectivity index (χ1v) is 6.46. The van der Waals surface area contributed by atoms with E-state index in [0.717, 1.165) is 24.1 Å². The first kappa shape index (κ1) is 15.5. The third-order valence-corrected chi connectivity index (χ3v) is 3.27. The van der Waals surface area contributed by atoms with Gasteiger partial charge in [0.15, 0.2) is 0 Å². The maximum atomic E-state index is 13.3. The van der Waals surface area contributed by atoms with Crippen molar-refractivity contribution in [2.24, 2.45) is 0 Å². The highest BCUT2D eigenvalue weighted by Gasteiger charge is 2.32. The van der Waals surface area contributed by atoms with E-state index < -0.39 is 23.7 Å². The van der Waals surface area contributed by atoms with E-state index in [0.29, 0.717) is 11.6 Å². The standard InChI is InChI=1S/C16H14F4O/c1-2-10-3-5-11(6-4-10)15(21)12-7-13(16(18,19)20)9-14(17)8-12/h3-9,15,21H,2H2,1H3. The summed E-state index contributed by atoms with van der Waals surface area (Å²) < 4.78 is 51.3. The summed E-state index contributed by atoms with van der Waals surface area (Å²) in [5, 5.41) is 10.1. The molecule has 1 nitrogen and oxygen atoms in total. The molecule has 5 heteroatoms. The average molecular weight is 298 g/mol. The number of hydrogen-bond acceptors (Lipinski definition) is 1. The molecule has 21 heavy (non-hydrogen) atoms. The van der Waals surface area contributed by atoms with Crippen molar-refractivity contribution in [2.75, 3.05) is 0 Å². The van der Waals surface area contributed by atoms with Gasteiger partial charge >= 0.3 is 6.18 Å². The normalized spacial score (nSPS) is 13.2. The van der Waals surface area contributed by atoms with Gasteiger partial charge in [-0.3, -0.25) is 0 Å². The van der Waals surface area contributed by atoms with Crippen LogP contribution in [0, 0.1) is 5.82 Å². The summed E-state index contributed by atoms with van der Waals surface area (Å²) in [6, 6.07) is 8.90. The molecule has 112 valence electrons. The highest BCUT2D eigenvalue weighted by Crippen LogP contribution is 2.33. The van der Waals surface area contributed by atoms with Gasteiger partial charge in [-0.05, 0) is 41.3 Å². The van der Waals surface area contributed by atoms with Crippen molar-refractivity contribution in [3.05, 3.63) is 70.5 Å². The van der Waals surface area contributed by atoms with Crippen LogP contribution < -0.4 is 0 Å². The van der Waals surface area contributed by atoms with E-state index in [1.54, 1.807) is 24.3 Å². The summed E-state index contributed by atoms with van der Waals surface area (Å²) in [7, 11) is 0. The molecular weight excluding hydrogens is 284 g/mol. The maximum absolute atomic E-state index is 13.3. The molecule has 0 bridgehead atoms. The lowest BCUT2D eigenvalue weighted by molar-refractivity contribution is -0.137. The first-order chi connectivity index (χ1) is 9.81. The van der Waals surface area contributed by atoms with E-state index >= 15 is 0 Å². The summed E-state index contributed by atoms with van der Waals surface area (Å²) in [6.45, 7) is 1.97. The van der Waals surface area contributed by atoms with E-state index in [1.165, 1.54) is 0 Å². The fourth-order valence-corrected chi connectivity index (χ4v) is 2.06. The number of aryl methyl sites for hydroxylation is 1. The second-order valence-corrected chi connectivity index (χ2v) is 4.77. The van der Waals surface area contributed by atoms with E-state index in [1.807, 2.05) is 6.92 Å². The summed E-state index contributed by atoms with van der Waals surface area (Å²) in [6.07, 6.45) is -5.13. The molecule has 1 atom stereocenters. The molecule has 0 aliphatic rings. The van der Waals surface area contributed by atoms with Gasteiger partial charge in [0.05, 0.1) is 5.56 Å². The fraction of sp³-hybridized carbons (Fsp3) is 0.250. The maximum Gasteiger partial charge on any atom is 0.416 e. The smallest absolute Gasteiger partial charge is 0.384 e. The van der Waals surface area contributed by atoms with Gasteiger partial charge in [0.1, 0.15) is 11.9 Å². The molecule has 2 aromatic rings. The van der Waals surface area contributed by atoms with Gasteiger partial charge in [-0.25, -0.2) is 4.39 Å². The second-order valence-electron chi connectivity index (χ2n) is 4.77. The lowest BCUT2D eigenvalue weighted by Gasteiger charge is -2.15. The van der Waals surface area contributed by atoms with Crippen LogP contribution in [0.4, 0.5) is 17.6 Å². The van der Waals surface area contributed by atoms with Gasteiger partial charge in [-0.2, -0.15) is 13.2 Å². The molecule has 0 aliphatic carbocycles. The zero-order chi connectivity index (χ0) is 15.6. The summed E-state index contributed by atoms with van der Waals surface area (Å²) in [4.78, 5) is 0. The van der Waals surface area contributed by atoms with E-state index in [9.17, 15) is 22.7 Å². The molecule has 0 fully saturated rings. The molecule has 0 aromatic heterocycles. The van der Waals surface area contributed by atoms with Gasteiger partial charge in [-0.1, -0.05) is 31.2 Å². The number of halogens is 4. The minimum atomic E-state index is -4.65. The molecule has 0 saturated heterocycles. The third kappa shape index (κ3) is 3.61. The number of hydrogen-bond donors (Lipinski definition) is 1. The van der Waals surface area contributed by atoms with Crippen LogP contribution in [-0.4, -0.2) is 5.11 Å². The zero-order valence-corrected chi connectivity index (χ0v) is 11.3. The minimum Gasteiger partial charge on any atom is -0.384 e. The van der Waals surface area contributed by atoms with Crippen molar-refractivity contribution in [3.63, 3.8) is 0 Å². The predicted octanol–water partition coefficient (Wildman–Crippen LogP) is 4.49. The molecule has 1 N–H and O–H groups in total. The molecule has 2 rings (SSSR count). The third-order valence-electron chi connectivity index (χ3n) is 3.27. The van der Waals surface area contributed by atoms with Crippen LogP contribution in [0.15, 0.2) is 42.5 Å². The molecule has 0 aliphatic heterocycles. The van der Waals surface area contributed by atoms with Gasteiger partial charge in [0, 0.05) is 0 Å². The van der Waals surface area contributed by atoms with Crippen LogP contribution in [0.3, 0.4) is 0 Å². The number of alkyl halides is 3. The molecule has 1 unspecified atom stereocenters. The van der Waals surface area contributed by atoms with Crippen molar-refractivity contribution in [3.8, 4) is 0 Å². The Bertz CT molecular complexity index is 617. The highest BCUT2D eigenvalue weighted by molar-refractivity contribution is 5.35. The van der Waals surface area contributed by atoms with Crippen molar-refractivity contribution in [2.45, 2.75) is 25.6 Å². The van der Waals surface area contributed by atoms with Crippen LogP contribution in [0.2, 0.25) is 0 Å². The van der Waals surface area contributed by atoms with Gasteiger partial charge in [0.25, 0.3) is 0 Å². The largest absolute Gasteiger partial charge is 0.416 e. The monoisotopic (exact) mass is 298 g/mol. The molecule has 0 saturated carbocycles. The van der Waals surface area contributed by atoms with Crippen LogP contribution in [-0.2, 0) is 12.6 Å². The Labute approximate surface area is 119 Å². The fourth-order valence-electron chi connectivity index (χ4n) is 2.06. The van der Waals surface area contributed by atoms with Crippen molar-refractivity contribution >= 4 is 0 Å². The first-order valence-electron chi connectivity index (χ1n) is 6.46. The number of aliphatic hydroxyl groups is 1. The number of aliphatic hydroxyl groups excluding tert-OH is 1. The SMILES string of the molecule is CCc1ccc(C(O)c2cc(F)cc(C(F)(F)F)c2)cc1. The predicted molar refractivity (Wildman–Crippen MR) is 71.3 cm³/mol. The van der Waals surface area contributed by atoms with E-state index in [2.05, 4.69) is 0 Å². The topological polar surface area (TPSA) is 20.2 Å². The van der Waals surface area contributed by atoms with Crippen molar-refractivity contribution < 1.29 is 22.7 Å². The Kier molecular flexibility index (Phi) is 4.32. The molecule has 0 spiro atoms. The van der Waals surface area contributed by atoms with Gasteiger partial charge in [-0.15, -0.1) is 0 Å². The van der Waals surface area contributed by atoms with Crippen molar-refractivity contribution in [1.29, 1.82) is 0 Å². The van der Waals surface area contributed by atoms with Gasteiger partial charge in [0.2, 0.25) is 0 Å². The lowest BCUT2D eigenvalue weighted by atomic mass is 9.98. The second kappa shape index (κ2) is 5.85. The molecule has 0 radical (unpaired) electrons. The Morgan fingerprint density at radius 3 is 2.14 bits per heavy atom. The van der Waals surface area contributed by atoms with Crippen molar-refractivity contribution in [1.82, 2.24) is 0 Å². The molecule has 0 heterocycles. The molecule has 2 aromatic carbocycles. The Hall–Kier alpha value is -1.88. The Morgan fingerprint density at radius 2 is 1.62 bits per heavy atom. The van der Waals surface area contributed by atoms with E-state index in [-0.39, 0.29) is 5.56 Å². The average Bonchev–Trinajstić information content (AvgIpc) is 2.45. The van der Waals surface area contributed by atoms with Crippen LogP contribution >= 0.6 is 0 Å². The molecule has 0 amide bonds. The Balaban J connectivity index is 2.38. The van der Waals surface area contributed by atoms with Gasteiger partial charge < -0.3 is 5.11 Å². The summed E-state index contributed by atoms with van der Waals surface area (Å²) in [5.41, 5.74) is 0.236. The van der Waals surface area contributed by atoms with E-state index in [4.69, 9.17) is 0 Å².